The van der Waals surface area contributed by atoms with E-state index in [4.69, 9.17) is 5.11 Å². The third-order valence-corrected chi connectivity index (χ3v) is 1.98. The normalized spacial score (nSPS) is 22.8. The molecule has 1 N–H and O–H groups in total. The van der Waals surface area contributed by atoms with Crippen molar-refractivity contribution in [1.29, 1.82) is 0 Å². The predicted octanol–water partition coefficient (Wildman–Crippen LogP) is 0.854. The minimum Gasteiger partial charge on any atom is -0.394 e. The molecule has 0 radical (unpaired) electrons. The largest absolute Gasteiger partial charge is 0.394 e. The van der Waals surface area contributed by atoms with Gasteiger partial charge in [0.2, 0.25) is 0 Å². The minimum absolute atomic E-state index is 0.127. The maximum atomic E-state index is 8.68. The molecule has 4 heteroatoms. The summed E-state index contributed by atoms with van der Waals surface area (Å²) in [5, 5.41) is 18.3. The van der Waals surface area contributed by atoms with E-state index in [1.807, 2.05) is 6.92 Å². The Morgan fingerprint density at radius 3 is 3.08 bits per heavy atom. The maximum absolute atomic E-state index is 8.68. The topological polar surface area (TPSA) is 48.2 Å². The van der Waals surface area contributed by atoms with Crippen molar-refractivity contribution >= 4 is 0 Å². The highest BCUT2D eigenvalue weighted by molar-refractivity contribution is 4.98. The summed E-state index contributed by atoms with van der Waals surface area (Å²) in [6, 6.07) is 0. The summed E-state index contributed by atoms with van der Waals surface area (Å²) in [6.07, 6.45) is 0. The van der Waals surface area contributed by atoms with Crippen molar-refractivity contribution in [1.82, 2.24) is 5.01 Å². The smallest absolute Gasteiger partial charge is 0.0703 e. The Morgan fingerprint density at radius 1 is 1.75 bits per heavy atom. The molecular formula is C8H15N3O. The maximum Gasteiger partial charge on any atom is 0.0703 e. The lowest BCUT2D eigenvalue weighted by Crippen LogP contribution is -2.32. The molecule has 0 spiro atoms. The number of hydrogen-bond acceptors (Lipinski definition) is 4. The van der Waals surface area contributed by atoms with Crippen LogP contribution in [0.1, 0.15) is 6.92 Å². The summed E-state index contributed by atoms with van der Waals surface area (Å²) >= 11 is 0. The highest BCUT2D eigenvalue weighted by atomic mass is 16.3. The standard InChI is InChI=1S/C8H15N3O/c1-7(2)8-5-9-10-11(6-8)3-4-12/h8,12H,1,3-6H2,2H3/t8-/m1/s1. The second kappa shape index (κ2) is 4.21. The van der Waals surface area contributed by atoms with E-state index in [-0.39, 0.29) is 6.61 Å². The average molecular weight is 169 g/mol. The van der Waals surface area contributed by atoms with Gasteiger partial charge in [-0.15, -0.1) is 0 Å². The molecule has 0 aromatic carbocycles. The third kappa shape index (κ3) is 2.30. The van der Waals surface area contributed by atoms with Crippen molar-refractivity contribution in [2.24, 2.45) is 16.3 Å². The van der Waals surface area contributed by atoms with Gasteiger partial charge in [0.1, 0.15) is 0 Å². The van der Waals surface area contributed by atoms with Gasteiger partial charge in [-0.05, 0) is 6.92 Å². The summed E-state index contributed by atoms with van der Waals surface area (Å²) in [5.74, 6) is 0.397. The van der Waals surface area contributed by atoms with E-state index in [9.17, 15) is 0 Å². The van der Waals surface area contributed by atoms with E-state index in [0.29, 0.717) is 12.5 Å². The van der Waals surface area contributed by atoms with Gasteiger partial charge in [-0.1, -0.05) is 17.4 Å². The van der Waals surface area contributed by atoms with Crippen molar-refractivity contribution in [3.8, 4) is 0 Å². The monoisotopic (exact) mass is 169 g/mol. The van der Waals surface area contributed by atoms with Crippen LogP contribution in [0.4, 0.5) is 0 Å². The highest BCUT2D eigenvalue weighted by Gasteiger charge is 2.17. The highest BCUT2D eigenvalue weighted by Crippen LogP contribution is 2.15. The van der Waals surface area contributed by atoms with Gasteiger partial charge < -0.3 is 5.11 Å². The van der Waals surface area contributed by atoms with Crippen LogP contribution in [-0.4, -0.2) is 36.4 Å². The quantitative estimate of drug-likeness (QED) is 0.637. The van der Waals surface area contributed by atoms with E-state index in [2.05, 4.69) is 16.9 Å². The van der Waals surface area contributed by atoms with E-state index < -0.39 is 0 Å². The predicted molar refractivity (Wildman–Crippen MR) is 46.7 cm³/mol. The summed E-state index contributed by atoms with van der Waals surface area (Å²) in [5.41, 5.74) is 1.14. The van der Waals surface area contributed by atoms with Gasteiger partial charge in [-0.25, -0.2) is 0 Å². The van der Waals surface area contributed by atoms with Gasteiger partial charge in [-0.3, -0.25) is 5.01 Å². The van der Waals surface area contributed by atoms with Gasteiger partial charge >= 0.3 is 0 Å². The van der Waals surface area contributed by atoms with E-state index >= 15 is 0 Å². The van der Waals surface area contributed by atoms with Gasteiger partial charge in [0.25, 0.3) is 0 Å². The Kier molecular flexibility index (Phi) is 3.22. The lowest BCUT2D eigenvalue weighted by atomic mass is 10.0. The number of rotatable bonds is 3. The van der Waals surface area contributed by atoms with Crippen LogP contribution in [0.5, 0.6) is 0 Å². The van der Waals surface area contributed by atoms with Gasteiger partial charge in [0.05, 0.1) is 19.7 Å². The number of aliphatic hydroxyl groups is 1. The Morgan fingerprint density at radius 2 is 2.50 bits per heavy atom. The summed E-state index contributed by atoms with van der Waals surface area (Å²) < 4.78 is 0. The SMILES string of the molecule is C=C(C)[C@@H]1CN=NN(CCO)C1. The molecule has 0 bridgehead atoms. The molecular weight excluding hydrogens is 154 g/mol. The van der Waals surface area contributed by atoms with Crippen LogP contribution < -0.4 is 0 Å². The third-order valence-electron chi connectivity index (χ3n) is 1.98. The minimum atomic E-state index is 0.127. The first-order valence-electron chi connectivity index (χ1n) is 4.12. The Bertz CT molecular complexity index is 191. The molecule has 1 atom stereocenters. The van der Waals surface area contributed by atoms with Gasteiger partial charge in [-0.2, -0.15) is 5.11 Å². The molecule has 1 aliphatic heterocycles. The molecule has 0 amide bonds. The zero-order valence-electron chi connectivity index (χ0n) is 7.40. The second-order valence-corrected chi connectivity index (χ2v) is 3.09. The number of nitrogens with zero attached hydrogens (tertiary/aromatic N) is 3. The first kappa shape index (κ1) is 9.19. The second-order valence-electron chi connectivity index (χ2n) is 3.09. The summed E-state index contributed by atoms with van der Waals surface area (Å²) in [7, 11) is 0. The van der Waals surface area contributed by atoms with E-state index in [1.54, 1.807) is 5.01 Å². The van der Waals surface area contributed by atoms with Crippen molar-refractivity contribution in [3.05, 3.63) is 12.2 Å². The Labute approximate surface area is 72.6 Å². The van der Waals surface area contributed by atoms with E-state index in [1.165, 1.54) is 0 Å². The Balaban J connectivity index is 2.45. The molecule has 0 saturated heterocycles. The first-order chi connectivity index (χ1) is 5.74. The molecule has 0 unspecified atom stereocenters. The van der Waals surface area contributed by atoms with Crippen LogP contribution in [0, 0.1) is 5.92 Å². The fourth-order valence-corrected chi connectivity index (χ4v) is 1.14. The van der Waals surface area contributed by atoms with Crippen molar-refractivity contribution in [3.63, 3.8) is 0 Å². The average Bonchev–Trinajstić information content (AvgIpc) is 2.05. The molecule has 0 aliphatic carbocycles. The molecule has 12 heavy (non-hydrogen) atoms. The number of hydrogen-bond donors (Lipinski definition) is 1. The molecule has 4 nitrogen and oxygen atoms in total. The van der Waals surface area contributed by atoms with Crippen LogP contribution in [0.15, 0.2) is 22.5 Å². The Hall–Kier alpha value is -0.900. The van der Waals surface area contributed by atoms with Crippen molar-refractivity contribution < 1.29 is 5.11 Å². The molecule has 0 aromatic rings. The van der Waals surface area contributed by atoms with Crippen LogP contribution in [0.3, 0.4) is 0 Å². The van der Waals surface area contributed by atoms with Gasteiger partial charge in [0, 0.05) is 12.5 Å². The molecule has 1 heterocycles. The molecule has 68 valence electrons. The van der Waals surface area contributed by atoms with Crippen molar-refractivity contribution in [2.75, 3.05) is 26.2 Å². The molecule has 0 fully saturated rings. The molecule has 0 aromatic heterocycles. The lowest BCUT2D eigenvalue weighted by molar-refractivity contribution is 0.160. The number of β-amino-alcohol motifs (C(OH)–C–C–N with tert-alkyl or cyclic N) is 1. The fourth-order valence-electron chi connectivity index (χ4n) is 1.14. The van der Waals surface area contributed by atoms with Crippen LogP contribution in [0.2, 0.25) is 0 Å². The lowest BCUT2D eigenvalue weighted by Gasteiger charge is -2.26. The van der Waals surface area contributed by atoms with Crippen LogP contribution >= 0.6 is 0 Å². The summed E-state index contributed by atoms with van der Waals surface area (Å²) in [4.78, 5) is 0. The zero-order chi connectivity index (χ0) is 8.97. The molecule has 0 saturated carbocycles. The summed E-state index contributed by atoms with van der Waals surface area (Å²) in [6.45, 7) is 8.14. The fraction of sp³-hybridized carbons (Fsp3) is 0.750. The number of aliphatic hydroxyl groups excluding tert-OH is 1. The molecule has 1 rings (SSSR count). The molecule has 1 aliphatic rings. The van der Waals surface area contributed by atoms with E-state index in [0.717, 1.165) is 18.7 Å². The van der Waals surface area contributed by atoms with Crippen molar-refractivity contribution in [2.45, 2.75) is 6.92 Å². The van der Waals surface area contributed by atoms with Gasteiger partial charge in [0.15, 0.2) is 0 Å². The zero-order valence-corrected chi connectivity index (χ0v) is 7.40. The first-order valence-corrected chi connectivity index (χ1v) is 4.12. The van der Waals surface area contributed by atoms with Crippen LogP contribution in [-0.2, 0) is 0 Å². The van der Waals surface area contributed by atoms with Crippen LogP contribution in [0.25, 0.3) is 0 Å².